The molecule has 1 aromatic rings. The minimum absolute atomic E-state index is 0.677. The second-order valence-electron chi connectivity index (χ2n) is 4.56. The third-order valence-electron chi connectivity index (χ3n) is 2.64. The number of hydrogen-bond donors (Lipinski definition) is 1. The molecular formula is C12H24N4. The first-order chi connectivity index (χ1) is 7.65. The first-order valence-corrected chi connectivity index (χ1v) is 6.00. The monoisotopic (exact) mass is 224 g/mol. The molecule has 0 fully saturated rings. The van der Waals surface area contributed by atoms with E-state index in [0.29, 0.717) is 5.92 Å². The summed E-state index contributed by atoms with van der Waals surface area (Å²) in [5.74, 6) is 0.677. The van der Waals surface area contributed by atoms with Gasteiger partial charge in [0.05, 0.1) is 6.20 Å². The Morgan fingerprint density at radius 1 is 1.56 bits per heavy atom. The minimum atomic E-state index is 0.677. The summed E-state index contributed by atoms with van der Waals surface area (Å²) in [6.45, 7) is 8.47. The fourth-order valence-corrected chi connectivity index (χ4v) is 1.98. The van der Waals surface area contributed by atoms with E-state index in [1.807, 2.05) is 17.9 Å². The summed E-state index contributed by atoms with van der Waals surface area (Å²) in [7, 11) is 4.16. The SMILES string of the molecule is CCn1cc(CN(C)CC(C)CNC)cn1. The Morgan fingerprint density at radius 2 is 2.31 bits per heavy atom. The van der Waals surface area contributed by atoms with Gasteiger partial charge in [-0.25, -0.2) is 0 Å². The Labute approximate surface area is 98.6 Å². The summed E-state index contributed by atoms with van der Waals surface area (Å²) in [5.41, 5.74) is 1.29. The van der Waals surface area contributed by atoms with Gasteiger partial charge >= 0.3 is 0 Å². The van der Waals surface area contributed by atoms with Gasteiger partial charge in [-0.1, -0.05) is 6.92 Å². The number of rotatable bonds is 7. The van der Waals surface area contributed by atoms with Crippen LogP contribution >= 0.6 is 0 Å². The van der Waals surface area contributed by atoms with E-state index >= 15 is 0 Å². The molecule has 1 rings (SSSR count). The lowest BCUT2D eigenvalue weighted by Crippen LogP contribution is -2.29. The molecule has 0 saturated carbocycles. The maximum atomic E-state index is 4.28. The third kappa shape index (κ3) is 4.33. The van der Waals surface area contributed by atoms with Gasteiger partial charge in [-0.2, -0.15) is 5.10 Å². The molecule has 0 spiro atoms. The van der Waals surface area contributed by atoms with Gasteiger partial charge in [0.25, 0.3) is 0 Å². The number of nitrogens with one attached hydrogen (secondary N) is 1. The summed E-state index contributed by atoms with van der Waals surface area (Å²) < 4.78 is 1.97. The van der Waals surface area contributed by atoms with Crippen LogP contribution in [-0.2, 0) is 13.1 Å². The zero-order valence-corrected chi connectivity index (χ0v) is 10.9. The Morgan fingerprint density at radius 3 is 2.88 bits per heavy atom. The quantitative estimate of drug-likeness (QED) is 0.755. The van der Waals surface area contributed by atoms with Crippen molar-refractivity contribution in [2.24, 2.45) is 5.92 Å². The number of hydrogen-bond acceptors (Lipinski definition) is 3. The van der Waals surface area contributed by atoms with Gasteiger partial charge < -0.3 is 10.2 Å². The van der Waals surface area contributed by atoms with Crippen molar-refractivity contribution in [1.82, 2.24) is 20.0 Å². The fraction of sp³-hybridized carbons (Fsp3) is 0.750. The van der Waals surface area contributed by atoms with E-state index in [0.717, 1.165) is 26.2 Å². The summed E-state index contributed by atoms with van der Waals surface area (Å²) in [6, 6.07) is 0. The first kappa shape index (κ1) is 13.2. The molecular weight excluding hydrogens is 200 g/mol. The lowest BCUT2D eigenvalue weighted by molar-refractivity contribution is 0.276. The van der Waals surface area contributed by atoms with Crippen LogP contribution in [0.15, 0.2) is 12.4 Å². The molecule has 16 heavy (non-hydrogen) atoms. The molecule has 0 amide bonds. The molecule has 0 aliphatic carbocycles. The van der Waals surface area contributed by atoms with Gasteiger partial charge in [0.15, 0.2) is 0 Å². The molecule has 92 valence electrons. The van der Waals surface area contributed by atoms with Crippen LogP contribution in [0.1, 0.15) is 19.4 Å². The van der Waals surface area contributed by atoms with E-state index in [-0.39, 0.29) is 0 Å². The molecule has 1 N–H and O–H groups in total. The molecule has 0 aliphatic heterocycles. The van der Waals surface area contributed by atoms with E-state index in [1.165, 1.54) is 5.56 Å². The molecule has 0 saturated heterocycles. The molecule has 0 bridgehead atoms. The van der Waals surface area contributed by atoms with Crippen molar-refractivity contribution in [3.8, 4) is 0 Å². The molecule has 4 heteroatoms. The smallest absolute Gasteiger partial charge is 0.0534 e. The predicted octanol–water partition coefficient (Wildman–Crippen LogP) is 1.19. The van der Waals surface area contributed by atoms with Crippen LogP contribution in [0, 0.1) is 5.92 Å². The highest BCUT2D eigenvalue weighted by Gasteiger charge is 2.07. The van der Waals surface area contributed by atoms with E-state index in [9.17, 15) is 0 Å². The van der Waals surface area contributed by atoms with Crippen LogP contribution in [0.5, 0.6) is 0 Å². The van der Waals surface area contributed by atoms with Gasteiger partial charge in [0, 0.05) is 31.4 Å². The van der Waals surface area contributed by atoms with Gasteiger partial charge in [-0.15, -0.1) is 0 Å². The number of aryl methyl sites for hydroxylation is 1. The van der Waals surface area contributed by atoms with E-state index in [2.05, 4.69) is 42.4 Å². The van der Waals surface area contributed by atoms with Crippen LogP contribution in [0.2, 0.25) is 0 Å². The normalized spacial score (nSPS) is 13.3. The summed E-state index contributed by atoms with van der Waals surface area (Å²) in [6.07, 6.45) is 4.09. The predicted molar refractivity (Wildman–Crippen MR) is 67.3 cm³/mol. The maximum absolute atomic E-state index is 4.28. The average Bonchev–Trinajstić information content (AvgIpc) is 2.65. The van der Waals surface area contributed by atoms with E-state index in [4.69, 9.17) is 0 Å². The fourth-order valence-electron chi connectivity index (χ4n) is 1.98. The minimum Gasteiger partial charge on any atom is -0.319 e. The highest BCUT2D eigenvalue weighted by Crippen LogP contribution is 2.04. The largest absolute Gasteiger partial charge is 0.319 e. The van der Waals surface area contributed by atoms with Crippen LogP contribution in [0.3, 0.4) is 0 Å². The Balaban J connectivity index is 2.35. The lowest BCUT2D eigenvalue weighted by Gasteiger charge is -2.20. The lowest BCUT2D eigenvalue weighted by atomic mass is 10.1. The third-order valence-corrected chi connectivity index (χ3v) is 2.64. The Hall–Kier alpha value is -0.870. The molecule has 4 nitrogen and oxygen atoms in total. The Kier molecular flexibility index (Phi) is 5.49. The average molecular weight is 224 g/mol. The van der Waals surface area contributed by atoms with Crippen molar-refractivity contribution in [1.29, 1.82) is 0 Å². The van der Waals surface area contributed by atoms with Crippen LogP contribution in [0.25, 0.3) is 0 Å². The maximum Gasteiger partial charge on any atom is 0.0534 e. The van der Waals surface area contributed by atoms with E-state index in [1.54, 1.807) is 0 Å². The zero-order valence-electron chi connectivity index (χ0n) is 10.9. The first-order valence-electron chi connectivity index (χ1n) is 6.00. The highest BCUT2D eigenvalue weighted by atomic mass is 15.3. The van der Waals surface area contributed by atoms with Crippen molar-refractivity contribution in [3.63, 3.8) is 0 Å². The highest BCUT2D eigenvalue weighted by molar-refractivity contribution is 5.03. The molecule has 0 radical (unpaired) electrons. The van der Waals surface area contributed by atoms with Crippen molar-refractivity contribution in [2.45, 2.75) is 26.9 Å². The second kappa shape index (κ2) is 6.66. The van der Waals surface area contributed by atoms with E-state index < -0.39 is 0 Å². The van der Waals surface area contributed by atoms with Gasteiger partial charge in [-0.3, -0.25) is 4.68 Å². The topological polar surface area (TPSA) is 33.1 Å². The summed E-state index contributed by atoms with van der Waals surface area (Å²) in [4.78, 5) is 2.35. The van der Waals surface area contributed by atoms with Gasteiger partial charge in [0.2, 0.25) is 0 Å². The van der Waals surface area contributed by atoms with Crippen molar-refractivity contribution < 1.29 is 0 Å². The van der Waals surface area contributed by atoms with Gasteiger partial charge in [-0.05, 0) is 33.5 Å². The van der Waals surface area contributed by atoms with Gasteiger partial charge in [0.1, 0.15) is 0 Å². The molecule has 0 aromatic carbocycles. The molecule has 1 heterocycles. The molecule has 1 atom stereocenters. The number of aromatic nitrogens is 2. The van der Waals surface area contributed by atoms with Crippen LogP contribution < -0.4 is 5.32 Å². The second-order valence-corrected chi connectivity index (χ2v) is 4.56. The summed E-state index contributed by atoms with van der Waals surface area (Å²) >= 11 is 0. The Bertz CT molecular complexity index is 295. The molecule has 1 aromatic heterocycles. The molecule has 1 unspecified atom stereocenters. The standard InChI is InChI=1S/C12H24N4/c1-5-16-10-12(7-14-16)9-15(4)8-11(2)6-13-3/h7,10-11,13H,5-6,8-9H2,1-4H3. The van der Waals surface area contributed by atoms with Crippen molar-refractivity contribution in [3.05, 3.63) is 18.0 Å². The van der Waals surface area contributed by atoms with Crippen LogP contribution in [0.4, 0.5) is 0 Å². The zero-order chi connectivity index (χ0) is 12.0. The van der Waals surface area contributed by atoms with Crippen LogP contribution in [-0.4, -0.2) is 41.9 Å². The van der Waals surface area contributed by atoms with Crippen molar-refractivity contribution in [2.75, 3.05) is 27.2 Å². The summed E-state index contributed by atoms with van der Waals surface area (Å²) in [5, 5.41) is 7.49. The van der Waals surface area contributed by atoms with Crippen molar-refractivity contribution >= 4 is 0 Å². The number of nitrogens with zero attached hydrogens (tertiary/aromatic N) is 3. The molecule has 0 aliphatic rings.